The Morgan fingerprint density at radius 1 is 0.966 bits per heavy atom. The van der Waals surface area contributed by atoms with Gasteiger partial charge in [0.25, 0.3) is 0 Å². The summed E-state index contributed by atoms with van der Waals surface area (Å²) < 4.78 is 22.6. The third-order valence-electron chi connectivity index (χ3n) is 4.60. The molecule has 0 radical (unpaired) electrons. The molecule has 0 heterocycles. The molecule has 0 aliphatic carbocycles. The standard InChI is InChI=1S/C22H31N3O3S/c1-15(2)13-17-5-7-18(8-6-17)22(16(3)4)24-14-21(26)25-19-9-11-20(12-10-19)29(23,27)28/h5-12,15-16,22,24H,13-14H2,1-4H3,(H,25,26)(H2,23,27,28)/t22-/m0/s1. The van der Waals surface area contributed by atoms with Crippen molar-refractivity contribution in [2.24, 2.45) is 17.0 Å². The highest BCUT2D eigenvalue weighted by molar-refractivity contribution is 7.89. The molecular formula is C22H31N3O3S. The van der Waals surface area contributed by atoms with Crippen LogP contribution < -0.4 is 15.8 Å². The van der Waals surface area contributed by atoms with Crippen molar-refractivity contribution in [1.82, 2.24) is 5.32 Å². The molecule has 7 heteroatoms. The van der Waals surface area contributed by atoms with Crippen molar-refractivity contribution >= 4 is 21.6 Å². The summed E-state index contributed by atoms with van der Waals surface area (Å²) in [5.74, 6) is 0.728. The second kappa shape index (κ2) is 10.0. The molecule has 6 nitrogen and oxygen atoms in total. The zero-order chi connectivity index (χ0) is 21.6. The Balaban J connectivity index is 1.97. The summed E-state index contributed by atoms with van der Waals surface area (Å²) in [6.45, 7) is 8.78. The van der Waals surface area contributed by atoms with Crippen molar-refractivity contribution in [2.45, 2.75) is 45.1 Å². The van der Waals surface area contributed by atoms with Crippen molar-refractivity contribution in [3.05, 3.63) is 59.7 Å². The summed E-state index contributed by atoms with van der Waals surface area (Å²) in [5.41, 5.74) is 2.98. The average Bonchev–Trinajstić information content (AvgIpc) is 2.62. The van der Waals surface area contributed by atoms with Gasteiger partial charge in [-0.3, -0.25) is 4.79 Å². The predicted octanol–water partition coefficient (Wildman–Crippen LogP) is 3.46. The van der Waals surface area contributed by atoms with Gasteiger partial charge in [0.15, 0.2) is 0 Å². The molecule has 0 saturated carbocycles. The van der Waals surface area contributed by atoms with E-state index in [1.807, 2.05) is 0 Å². The van der Waals surface area contributed by atoms with E-state index in [1.165, 1.54) is 29.8 Å². The molecule has 29 heavy (non-hydrogen) atoms. The van der Waals surface area contributed by atoms with E-state index in [1.54, 1.807) is 0 Å². The number of nitrogens with one attached hydrogen (secondary N) is 2. The maximum atomic E-state index is 12.3. The van der Waals surface area contributed by atoms with Crippen LogP contribution in [0, 0.1) is 11.8 Å². The number of sulfonamides is 1. The normalized spacial score (nSPS) is 12.9. The fourth-order valence-corrected chi connectivity index (χ4v) is 3.72. The fraction of sp³-hybridized carbons (Fsp3) is 0.409. The summed E-state index contributed by atoms with van der Waals surface area (Å²) >= 11 is 0. The molecule has 2 aromatic carbocycles. The van der Waals surface area contributed by atoms with Crippen LogP contribution in [0.3, 0.4) is 0 Å². The van der Waals surface area contributed by atoms with E-state index in [2.05, 4.69) is 62.6 Å². The fourth-order valence-electron chi connectivity index (χ4n) is 3.21. The summed E-state index contributed by atoms with van der Waals surface area (Å²) in [6, 6.07) is 14.4. The van der Waals surface area contributed by atoms with Gasteiger partial charge in [-0.05, 0) is 53.6 Å². The van der Waals surface area contributed by atoms with Crippen LogP contribution in [0.5, 0.6) is 0 Å². The average molecular weight is 418 g/mol. The summed E-state index contributed by atoms with van der Waals surface area (Å²) in [5, 5.41) is 11.2. The highest BCUT2D eigenvalue weighted by Crippen LogP contribution is 2.22. The molecule has 0 saturated heterocycles. The van der Waals surface area contributed by atoms with Crippen LogP contribution in [-0.4, -0.2) is 20.9 Å². The molecule has 0 bridgehead atoms. The molecule has 0 aliphatic rings. The van der Waals surface area contributed by atoms with Gasteiger partial charge in [0.2, 0.25) is 15.9 Å². The van der Waals surface area contributed by atoms with E-state index >= 15 is 0 Å². The lowest BCUT2D eigenvalue weighted by Gasteiger charge is -2.23. The highest BCUT2D eigenvalue weighted by atomic mass is 32.2. The minimum Gasteiger partial charge on any atom is -0.325 e. The van der Waals surface area contributed by atoms with E-state index < -0.39 is 10.0 Å². The van der Waals surface area contributed by atoms with Crippen LogP contribution in [0.2, 0.25) is 0 Å². The zero-order valence-corrected chi connectivity index (χ0v) is 18.3. The number of carbonyl (C=O) groups excluding carboxylic acids is 1. The first-order chi connectivity index (χ1) is 13.6. The van der Waals surface area contributed by atoms with Gasteiger partial charge in [0.1, 0.15) is 0 Å². The van der Waals surface area contributed by atoms with Gasteiger partial charge in [-0.25, -0.2) is 13.6 Å². The second-order valence-electron chi connectivity index (χ2n) is 8.06. The summed E-state index contributed by atoms with van der Waals surface area (Å²) in [6.07, 6.45) is 1.05. The summed E-state index contributed by atoms with van der Waals surface area (Å²) in [4.78, 5) is 12.3. The van der Waals surface area contributed by atoms with E-state index in [9.17, 15) is 13.2 Å². The van der Waals surface area contributed by atoms with E-state index in [0.29, 0.717) is 17.5 Å². The maximum absolute atomic E-state index is 12.3. The quantitative estimate of drug-likeness (QED) is 0.581. The lowest BCUT2D eigenvalue weighted by atomic mass is 9.94. The summed E-state index contributed by atoms with van der Waals surface area (Å²) in [7, 11) is -3.74. The molecule has 4 N–H and O–H groups in total. The zero-order valence-electron chi connectivity index (χ0n) is 17.5. The van der Waals surface area contributed by atoms with Crippen LogP contribution in [0.1, 0.15) is 44.9 Å². The largest absolute Gasteiger partial charge is 0.325 e. The number of primary sulfonamides is 1. The monoisotopic (exact) mass is 417 g/mol. The third kappa shape index (κ3) is 7.27. The Bertz CT molecular complexity index is 905. The van der Waals surface area contributed by atoms with Crippen LogP contribution in [-0.2, 0) is 21.2 Å². The van der Waals surface area contributed by atoms with Gasteiger partial charge in [-0.2, -0.15) is 0 Å². The van der Waals surface area contributed by atoms with E-state index in [-0.39, 0.29) is 23.4 Å². The van der Waals surface area contributed by atoms with E-state index in [4.69, 9.17) is 5.14 Å². The van der Waals surface area contributed by atoms with Crippen molar-refractivity contribution in [1.29, 1.82) is 0 Å². The first kappa shape index (κ1) is 23.1. The Morgan fingerprint density at radius 2 is 1.55 bits per heavy atom. The lowest BCUT2D eigenvalue weighted by molar-refractivity contribution is -0.115. The molecule has 2 aromatic rings. The Morgan fingerprint density at radius 3 is 2.03 bits per heavy atom. The van der Waals surface area contributed by atoms with Gasteiger partial charge >= 0.3 is 0 Å². The highest BCUT2D eigenvalue weighted by Gasteiger charge is 2.17. The number of rotatable bonds is 9. The first-order valence-electron chi connectivity index (χ1n) is 9.81. The molecule has 158 valence electrons. The van der Waals surface area contributed by atoms with Crippen molar-refractivity contribution in [3.8, 4) is 0 Å². The van der Waals surface area contributed by atoms with Gasteiger partial charge in [0.05, 0.1) is 11.4 Å². The molecule has 0 spiro atoms. The molecule has 1 atom stereocenters. The minimum atomic E-state index is -3.74. The van der Waals surface area contributed by atoms with Crippen molar-refractivity contribution in [3.63, 3.8) is 0 Å². The van der Waals surface area contributed by atoms with Gasteiger partial charge in [0, 0.05) is 11.7 Å². The molecule has 0 aliphatic heterocycles. The van der Waals surface area contributed by atoms with Crippen molar-refractivity contribution < 1.29 is 13.2 Å². The second-order valence-corrected chi connectivity index (χ2v) is 9.62. The minimum absolute atomic E-state index is 0.00871. The number of carbonyl (C=O) groups is 1. The van der Waals surface area contributed by atoms with Gasteiger partial charge in [-0.1, -0.05) is 52.0 Å². The predicted molar refractivity (Wildman–Crippen MR) is 117 cm³/mol. The van der Waals surface area contributed by atoms with Crippen LogP contribution in [0.4, 0.5) is 5.69 Å². The molecule has 1 amide bonds. The Kier molecular flexibility index (Phi) is 7.96. The molecular weight excluding hydrogens is 386 g/mol. The van der Waals surface area contributed by atoms with Crippen LogP contribution in [0.15, 0.2) is 53.4 Å². The topological polar surface area (TPSA) is 101 Å². The molecule has 0 aromatic heterocycles. The van der Waals surface area contributed by atoms with Gasteiger partial charge in [-0.15, -0.1) is 0 Å². The molecule has 0 fully saturated rings. The van der Waals surface area contributed by atoms with Crippen molar-refractivity contribution in [2.75, 3.05) is 11.9 Å². The number of amides is 1. The smallest absolute Gasteiger partial charge is 0.238 e. The third-order valence-corrected chi connectivity index (χ3v) is 5.53. The number of benzene rings is 2. The Hall–Kier alpha value is -2.22. The lowest BCUT2D eigenvalue weighted by Crippen LogP contribution is -2.33. The number of hydrogen-bond acceptors (Lipinski definition) is 4. The molecule has 2 rings (SSSR count). The van der Waals surface area contributed by atoms with Crippen LogP contribution >= 0.6 is 0 Å². The SMILES string of the molecule is CC(C)Cc1ccc([C@@H](NCC(=O)Nc2ccc(S(N)(=O)=O)cc2)C(C)C)cc1. The van der Waals surface area contributed by atoms with Crippen LogP contribution in [0.25, 0.3) is 0 Å². The van der Waals surface area contributed by atoms with E-state index in [0.717, 1.165) is 12.0 Å². The maximum Gasteiger partial charge on any atom is 0.238 e. The number of nitrogens with two attached hydrogens (primary N) is 1. The first-order valence-corrected chi connectivity index (χ1v) is 11.4. The number of anilines is 1. The Labute approximate surface area is 173 Å². The van der Waals surface area contributed by atoms with Gasteiger partial charge < -0.3 is 10.6 Å². The molecule has 0 unspecified atom stereocenters. The number of hydrogen-bond donors (Lipinski definition) is 3.